The van der Waals surface area contributed by atoms with E-state index in [0.717, 1.165) is 0 Å². The minimum atomic E-state index is -1.10. The number of aliphatic hydroxyl groups excluding tert-OH is 1. The summed E-state index contributed by atoms with van der Waals surface area (Å²) >= 11 is 4.10. The number of amides is 2. The van der Waals surface area contributed by atoms with Crippen molar-refractivity contribution < 1.29 is 29.3 Å². The summed E-state index contributed by atoms with van der Waals surface area (Å²) in [5, 5.41) is 15.8. The average molecular weight is 403 g/mol. The van der Waals surface area contributed by atoms with Crippen LogP contribution < -0.4 is 10.6 Å². The number of hydrogen-bond donors (Lipinski definition) is 4. The number of thiol groups is 1. The quantitative estimate of drug-likeness (QED) is 0.316. The molecular weight excluding hydrogens is 372 g/mol. The lowest BCUT2D eigenvalue weighted by Crippen LogP contribution is -2.47. The second-order valence-electron chi connectivity index (χ2n) is 6.80. The van der Waals surface area contributed by atoms with Gasteiger partial charge in [0.05, 0.1) is 25.0 Å². The molecule has 8 nitrogen and oxygen atoms in total. The molecule has 0 aliphatic carbocycles. The Balaban J connectivity index is 2.83. The van der Waals surface area contributed by atoms with E-state index in [2.05, 4.69) is 23.3 Å². The predicted molar refractivity (Wildman–Crippen MR) is 103 cm³/mol. The van der Waals surface area contributed by atoms with Crippen LogP contribution in [0.15, 0.2) is 12.2 Å². The Labute approximate surface area is 165 Å². The number of nitrogens with one attached hydrogen (secondary N) is 2. The molecule has 2 amide bonds. The van der Waals surface area contributed by atoms with Crippen LogP contribution in [-0.2, 0) is 24.2 Å². The van der Waals surface area contributed by atoms with Crippen LogP contribution >= 0.6 is 12.6 Å². The first-order chi connectivity index (χ1) is 12.8. The highest BCUT2D eigenvalue weighted by atomic mass is 32.1. The summed E-state index contributed by atoms with van der Waals surface area (Å²) in [7, 11) is 0. The highest BCUT2D eigenvalue weighted by Gasteiger charge is 2.28. The van der Waals surface area contributed by atoms with Gasteiger partial charge in [-0.1, -0.05) is 26.0 Å². The maximum absolute atomic E-state index is 12.1. The van der Waals surface area contributed by atoms with Crippen molar-refractivity contribution in [2.24, 2.45) is 5.92 Å². The lowest BCUT2D eigenvalue weighted by atomic mass is 9.96. The van der Waals surface area contributed by atoms with Crippen LogP contribution in [0.2, 0.25) is 0 Å². The number of aliphatic hydroxyl groups is 1. The maximum atomic E-state index is 12.1. The first-order valence-corrected chi connectivity index (χ1v) is 9.84. The Morgan fingerprint density at radius 1 is 1.26 bits per heavy atom. The fourth-order valence-electron chi connectivity index (χ4n) is 2.60. The minimum Gasteiger partial charge on any atom is -0.390 e. The zero-order valence-corrected chi connectivity index (χ0v) is 16.7. The molecule has 3 atom stereocenters. The van der Waals surface area contributed by atoms with Crippen molar-refractivity contribution in [2.45, 2.75) is 64.2 Å². The Bertz CT molecular complexity index is 526. The Kier molecular flexibility index (Phi) is 11.1. The van der Waals surface area contributed by atoms with Gasteiger partial charge >= 0.3 is 5.97 Å². The van der Waals surface area contributed by atoms with E-state index in [9.17, 15) is 19.5 Å². The van der Waals surface area contributed by atoms with Crippen molar-refractivity contribution in [1.82, 2.24) is 10.6 Å². The third-order valence-corrected chi connectivity index (χ3v) is 4.29. The molecule has 0 aromatic rings. The van der Waals surface area contributed by atoms with Crippen molar-refractivity contribution in [1.29, 1.82) is 0 Å². The number of rotatable bonds is 4. The van der Waals surface area contributed by atoms with Crippen molar-refractivity contribution in [2.75, 3.05) is 12.3 Å². The van der Waals surface area contributed by atoms with Crippen molar-refractivity contribution in [3.8, 4) is 0 Å². The van der Waals surface area contributed by atoms with Gasteiger partial charge in [-0.25, -0.2) is 4.79 Å². The highest BCUT2D eigenvalue weighted by molar-refractivity contribution is 7.80. The molecule has 0 saturated carbocycles. The fourth-order valence-corrected chi connectivity index (χ4v) is 2.75. The first kappa shape index (κ1) is 23.5. The van der Waals surface area contributed by atoms with Crippen molar-refractivity contribution >= 4 is 30.4 Å². The van der Waals surface area contributed by atoms with Gasteiger partial charge < -0.3 is 15.7 Å². The molecule has 1 heterocycles. The smallest absolute Gasteiger partial charge is 0.345 e. The molecule has 1 aliphatic rings. The molecule has 1 fully saturated rings. The molecule has 27 heavy (non-hydrogen) atoms. The van der Waals surface area contributed by atoms with E-state index >= 15 is 0 Å². The van der Waals surface area contributed by atoms with E-state index in [0.29, 0.717) is 25.1 Å². The number of hydrogen-bond acceptors (Lipinski definition) is 7. The lowest BCUT2D eigenvalue weighted by molar-refractivity contribution is -0.290. The average Bonchev–Trinajstić information content (AvgIpc) is 2.60. The van der Waals surface area contributed by atoms with Gasteiger partial charge in [0.25, 0.3) is 0 Å². The molecule has 0 aromatic carbocycles. The van der Waals surface area contributed by atoms with Gasteiger partial charge in [-0.3, -0.25) is 14.5 Å². The second kappa shape index (κ2) is 12.7. The van der Waals surface area contributed by atoms with Crippen LogP contribution in [-0.4, -0.2) is 53.4 Å². The molecule has 1 rings (SSSR count). The summed E-state index contributed by atoms with van der Waals surface area (Å²) in [6, 6.07) is -0.587. The first-order valence-electron chi connectivity index (χ1n) is 9.21. The van der Waals surface area contributed by atoms with Gasteiger partial charge in [0.1, 0.15) is 6.10 Å². The third kappa shape index (κ3) is 9.78. The van der Waals surface area contributed by atoms with Crippen LogP contribution in [0.5, 0.6) is 0 Å². The number of allylic oxidation sites excluding steroid dienone is 1. The molecule has 0 unspecified atom stereocenters. The van der Waals surface area contributed by atoms with Crippen LogP contribution in [0.1, 0.15) is 46.0 Å². The molecule has 0 aromatic heterocycles. The van der Waals surface area contributed by atoms with E-state index < -0.39 is 24.2 Å². The third-order valence-electron chi connectivity index (χ3n) is 4.04. The molecule has 3 N–H and O–H groups in total. The highest BCUT2D eigenvalue weighted by Crippen LogP contribution is 2.13. The Morgan fingerprint density at radius 2 is 2.00 bits per heavy atom. The summed E-state index contributed by atoms with van der Waals surface area (Å²) in [6.07, 6.45) is 2.59. The number of carbonyl (C=O) groups is 3. The van der Waals surface area contributed by atoms with E-state index in [-0.39, 0.29) is 37.0 Å². The second-order valence-corrected chi connectivity index (χ2v) is 7.24. The summed E-state index contributed by atoms with van der Waals surface area (Å²) in [4.78, 5) is 45.9. The topological polar surface area (TPSA) is 114 Å². The number of carbonyl (C=O) groups excluding carboxylic acids is 3. The molecule has 0 spiro atoms. The van der Waals surface area contributed by atoms with Crippen LogP contribution in [0.25, 0.3) is 0 Å². The Morgan fingerprint density at radius 3 is 2.67 bits per heavy atom. The monoisotopic (exact) mass is 402 g/mol. The summed E-state index contributed by atoms with van der Waals surface area (Å²) in [5.41, 5.74) is 0. The van der Waals surface area contributed by atoms with Gasteiger partial charge in [0, 0.05) is 13.0 Å². The van der Waals surface area contributed by atoms with Gasteiger partial charge in [-0.15, -0.1) is 0 Å². The molecule has 0 bridgehead atoms. The minimum absolute atomic E-state index is 0.0281. The van der Waals surface area contributed by atoms with E-state index in [1.807, 2.05) is 13.8 Å². The molecule has 9 heteroatoms. The largest absolute Gasteiger partial charge is 0.390 e. The molecule has 154 valence electrons. The van der Waals surface area contributed by atoms with E-state index in [4.69, 9.17) is 9.78 Å². The molecule has 1 aliphatic heterocycles. The van der Waals surface area contributed by atoms with Crippen LogP contribution in [0.3, 0.4) is 0 Å². The zero-order valence-electron chi connectivity index (χ0n) is 15.8. The van der Waals surface area contributed by atoms with E-state index in [1.165, 1.54) is 0 Å². The summed E-state index contributed by atoms with van der Waals surface area (Å²) < 4.78 is 0. The fraction of sp³-hybridized carbons (Fsp3) is 0.722. The maximum Gasteiger partial charge on any atom is 0.345 e. The molecule has 1 saturated heterocycles. The summed E-state index contributed by atoms with van der Waals surface area (Å²) in [6.45, 7) is 4.02. The van der Waals surface area contributed by atoms with Gasteiger partial charge in [0.2, 0.25) is 11.8 Å². The molecule has 0 radical (unpaired) electrons. The summed E-state index contributed by atoms with van der Waals surface area (Å²) in [5.74, 6) is -0.731. The van der Waals surface area contributed by atoms with Crippen LogP contribution in [0.4, 0.5) is 0 Å². The molecular formula is C18H30N2O6S. The van der Waals surface area contributed by atoms with Gasteiger partial charge in [-0.2, -0.15) is 17.5 Å². The predicted octanol–water partition coefficient (Wildman–Crippen LogP) is 0.898. The van der Waals surface area contributed by atoms with Crippen molar-refractivity contribution in [3.63, 3.8) is 0 Å². The van der Waals surface area contributed by atoms with Gasteiger partial charge in [-0.05, 0) is 24.5 Å². The standard InChI is InChI=1S/C18H30N2O6S/c1-12(2)18-14(21)11-17(24)26-25-13(6-3-4-9-27)10-16(23)19-8-5-7-15(22)20-18/h3,6,12-14,18,21,27H,4-5,7-11H2,1-2H3,(H,19,23)(H,20,22)/b6-3+/t13-,14+,18-/m1/s1. The van der Waals surface area contributed by atoms with Crippen LogP contribution in [0, 0.1) is 5.92 Å². The Hall–Kier alpha value is -1.58. The normalized spacial score (nSPS) is 26.9. The SMILES string of the molecule is CC(C)[C@H]1NC(=O)CCCNC(=O)C[C@@H](/C=C/CCS)OOC(=O)C[C@@H]1O. The lowest BCUT2D eigenvalue weighted by Gasteiger charge is -2.27. The van der Waals surface area contributed by atoms with Gasteiger partial charge in [0.15, 0.2) is 0 Å². The van der Waals surface area contributed by atoms with E-state index in [1.54, 1.807) is 12.2 Å². The van der Waals surface area contributed by atoms with Crippen molar-refractivity contribution in [3.05, 3.63) is 12.2 Å². The zero-order chi connectivity index (χ0) is 20.2.